The molecule has 0 aliphatic carbocycles. The molecule has 0 amide bonds. The van der Waals surface area contributed by atoms with Crippen LogP contribution in [0, 0.1) is 0 Å². The summed E-state index contributed by atoms with van der Waals surface area (Å²) in [7, 11) is -4.38. The first kappa shape index (κ1) is 22.1. The summed E-state index contributed by atoms with van der Waals surface area (Å²) in [6.07, 6.45) is 4.47. The highest BCUT2D eigenvalue weighted by atomic mass is 32.2. The highest BCUT2D eigenvalue weighted by Gasteiger charge is 2.21. The zero-order valence-corrected chi connectivity index (χ0v) is 18.8. The van der Waals surface area contributed by atoms with Crippen LogP contribution in [0.1, 0.15) is 38.2 Å². The molecule has 4 aromatic rings. The van der Waals surface area contributed by atoms with Gasteiger partial charge in [0.2, 0.25) is 0 Å². The van der Waals surface area contributed by atoms with Gasteiger partial charge in [0.05, 0.1) is 27.3 Å². The van der Waals surface area contributed by atoms with Crippen molar-refractivity contribution >= 4 is 21.2 Å². The molecule has 32 heavy (non-hydrogen) atoms. The van der Waals surface area contributed by atoms with Gasteiger partial charge in [-0.1, -0.05) is 86.8 Å². The van der Waals surface area contributed by atoms with Gasteiger partial charge in [0, 0.05) is 16.7 Å². The Balaban J connectivity index is 1.98. The molecule has 0 aliphatic heterocycles. The van der Waals surface area contributed by atoms with Gasteiger partial charge in [0.1, 0.15) is 0 Å². The third kappa shape index (κ3) is 4.71. The molecule has 1 heterocycles. The largest absolute Gasteiger partial charge is 0.294 e. The summed E-state index contributed by atoms with van der Waals surface area (Å²) in [6.45, 7) is 2.13. The van der Waals surface area contributed by atoms with Crippen molar-refractivity contribution in [3.63, 3.8) is 0 Å². The molecule has 0 bridgehead atoms. The molecule has 0 atom stereocenters. The van der Waals surface area contributed by atoms with E-state index in [0.29, 0.717) is 28.7 Å². The molecule has 0 saturated heterocycles. The molecule has 3 aromatic carbocycles. The van der Waals surface area contributed by atoms with Crippen LogP contribution >= 0.6 is 0 Å². The van der Waals surface area contributed by atoms with Crippen LogP contribution < -0.4 is 0 Å². The van der Waals surface area contributed by atoms with Gasteiger partial charge >= 0.3 is 0 Å². The Hall–Kier alpha value is -3.09. The van der Waals surface area contributed by atoms with Gasteiger partial charge in [-0.25, -0.2) is 9.97 Å². The van der Waals surface area contributed by atoms with E-state index in [-0.39, 0.29) is 4.90 Å². The van der Waals surface area contributed by atoms with Crippen LogP contribution in [-0.4, -0.2) is 22.9 Å². The lowest BCUT2D eigenvalue weighted by Gasteiger charge is -2.15. The quantitative estimate of drug-likeness (QED) is 0.253. The highest BCUT2D eigenvalue weighted by Crippen LogP contribution is 2.33. The van der Waals surface area contributed by atoms with E-state index in [1.807, 2.05) is 60.7 Å². The first-order valence-corrected chi connectivity index (χ1v) is 12.3. The summed E-state index contributed by atoms with van der Waals surface area (Å²) in [6, 6.07) is 22.7. The van der Waals surface area contributed by atoms with Crippen LogP contribution in [0.15, 0.2) is 77.7 Å². The van der Waals surface area contributed by atoms with E-state index in [1.54, 1.807) is 6.07 Å². The van der Waals surface area contributed by atoms with E-state index in [2.05, 4.69) is 6.92 Å². The Labute approximate surface area is 188 Å². The molecule has 0 radical (unpaired) electrons. The number of fused-ring (bicyclic) bond motifs is 1. The lowest BCUT2D eigenvalue weighted by molar-refractivity contribution is 0.482. The fraction of sp³-hybridized carbons (Fsp3) is 0.231. The molecule has 0 unspecified atom stereocenters. The lowest BCUT2D eigenvalue weighted by atomic mass is 10.0. The Kier molecular flexibility index (Phi) is 6.63. The van der Waals surface area contributed by atoms with Gasteiger partial charge in [-0.05, 0) is 25.0 Å². The Morgan fingerprint density at radius 3 is 1.91 bits per heavy atom. The fourth-order valence-corrected chi connectivity index (χ4v) is 4.72. The maximum absolute atomic E-state index is 12.1. The van der Waals surface area contributed by atoms with Crippen molar-refractivity contribution in [1.82, 2.24) is 9.97 Å². The smallest absolute Gasteiger partial charge is 0.282 e. The summed E-state index contributed by atoms with van der Waals surface area (Å²) >= 11 is 0. The van der Waals surface area contributed by atoms with E-state index >= 15 is 0 Å². The molecule has 0 fully saturated rings. The van der Waals surface area contributed by atoms with Crippen molar-refractivity contribution in [2.45, 2.75) is 43.9 Å². The summed E-state index contributed by atoms with van der Waals surface area (Å²) in [4.78, 5) is 9.79. The molecule has 1 aromatic heterocycles. The Morgan fingerprint density at radius 1 is 0.750 bits per heavy atom. The van der Waals surface area contributed by atoms with Crippen LogP contribution in [0.3, 0.4) is 0 Å². The highest BCUT2D eigenvalue weighted by molar-refractivity contribution is 7.85. The predicted molar refractivity (Wildman–Crippen MR) is 128 cm³/mol. The zero-order valence-electron chi connectivity index (χ0n) is 18.0. The number of hydrogen-bond donors (Lipinski definition) is 1. The number of aryl methyl sites for hydroxylation is 1. The first-order chi connectivity index (χ1) is 15.5. The van der Waals surface area contributed by atoms with Crippen molar-refractivity contribution in [1.29, 1.82) is 0 Å². The van der Waals surface area contributed by atoms with Gasteiger partial charge in [0.15, 0.2) is 0 Å². The van der Waals surface area contributed by atoms with Crippen molar-refractivity contribution in [3.8, 4) is 22.5 Å². The minimum Gasteiger partial charge on any atom is -0.282 e. The van der Waals surface area contributed by atoms with Gasteiger partial charge in [0.25, 0.3) is 10.1 Å². The van der Waals surface area contributed by atoms with E-state index in [0.717, 1.165) is 42.5 Å². The average Bonchev–Trinajstić information content (AvgIpc) is 2.81. The Morgan fingerprint density at radius 2 is 1.34 bits per heavy atom. The Bertz CT molecular complexity index is 1320. The molecule has 6 heteroatoms. The summed E-state index contributed by atoms with van der Waals surface area (Å²) in [5, 5.41) is 0. The van der Waals surface area contributed by atoms with Crippen LogP contribution in [-0.2, 0) is 16.5 Å². The van der Waals surface area contributed by atoms with Crippen molar-refractivity contribution in [2.75, 3.05) is 0 Å². The summed E-state index contributed by atoms with van der Waals surface area (Å²) < 4.78 is 34.1. The molecule has 5 nitrogen and oxygen atoms in total. The molecule has 4 rings (SSSR count). The first-order valence-electron chi connectivity index (χ1n) is 10.9. The third-order valence-electron chi connectivity index (χ3n) is 5.55. The molecular formula is C26H26N2O3S. The van der Waals surface area contributed by atoms with E-state index < -0.39 is 10.1 Å². The molecular weight excluding hydrogens is 420 g/mol. The van der Waals surface area contributed by atoms with Crippen LogP contribution in [0.25, 0.3) is 33.5 Å². The van der Waals surface area contributed by atoms with Crippen molar-refractivity contribution < 1.29 is 13.0 Å². The number of benzene rings is 3. The van der Waals surface area contributed by atoms with Gasteiger partial charge in [-0.3, -0.25) is 4.55 Å². The summed E-state index contributed by atoms with van der Waals surface area (Å²) in [5.41, 5.74) is 4.92. The number of aromatic nitrogens is 2. The standard InChI is InChI=1S/C26H26N2O3S/c1-2-3-4-11-16-21-23(32(29,30)31)18-17-22-26(21)28-25(20-14-9-6-10-15-20)24(27-22)19-12-7-5-8-13-19/h5-10,12-15,17-18H,2-4,11,16H2,1H3,(H,29,30,31). The van der Waals surface area contributed by atoms with E-state index in [1.165, 1.54) is 6.07 Å². The fourth-order valence-electron chi connectivity index (χ4n) is 3.96. The number of unbranched alkanes of at least 4 members (excludes halogenated alkanes) is 3. The topological polar surface area (TPSA) is 80.2 Å². The molecule has 0 spiro atoms. The van der Waals surface area contributed by atoms with Gasteiger partial charge < -0.3 is 0 Å². The molecule has 1 N–H and O–H groups in total. The lowest BCUT2D eigenvalue weighted by Crippen LogP contribution is -2.07. The minimum absolute atomic E-state index is 0.0812. The van der Waals surface area contributed by atoms with Crippen LogP contribution in [0.5, 0.6) is 0 Å². The van der Waals surface area contributed by atoms with Crippen LogP contribution in [0.2, 0.25) is 0 Å². The predicted octanol–water partition coefficient (Wildman–Crippen LogP) is 6.33. The third-order valence-corrected chi connectivity index (χ3v) is 6.49. The van der Waals surface area contributed by atoms with Gasteiger partial charge in [-0.2, -0.15) is 8.42 Å². The summed E-state index contributed by atoms with van der Waals surface area (Å²) in [5.74, 6) is 0. The molecule has 164 valence electrons. The second-order valence-corrected chi connectivity index (χ2v) is 9.24. The molecule has 0 saturated carbocycles. The van der Waals surface area contributed by atoms with Gasteiger partial charge in [-0.15, -0.1) is 0 Å². The maximum atomic E-state index is 12.1. The SMILES string of the molecule is CCCCCCc1c(S(=O)(=O)O)ccc2nc(-c3ccccc3)c(-c3ccccc3)nc12. The second kappa shape index (κ2) is 9.59. The second-order valence-electron chi connectivity index (χ2n) is 7.85. The van der Waals surface area contributed by atoms with Crippen molar-refractivity contribution in [3.05, 3.63) is 78.4 Å². The average molecular weight is 447 g/mol. The van der Waals surface area contributed by atoms with E-state index in [9.17, 15) is 13.0 Å². The number of rotatable bonds is 8. The monoisotopic (exact) mass is 446 g/mol. The number of hydrogen-bond acceptors (Lipinski definition) is 4. The van der Waals surface area contributed by atoms with Crippen molar-refractivity contribution in [2.24, 2.45) is 0 Å². The zero-order chi connectivity index (χ0) is 22.6. The normalized spacial score (nSPS) is 11.7. The number of nitrogens with zero attached hydrogens (tertiary/aromatic N) is 2. The molecule has 0 aliphatic rings. The maximum Gasteiger partial charge on any atom is 0.294 e. The van der Waals surface area contributed by atoms with E-state index in [4.69, 9.17) is 9.97 Å². The van der Waals surface area contributed by atoms with Crippen LogP contribution in [0.4, 0.5) is 0 Å². The minimum atomic E-state index is -4.38.